The van der Waals surface area contributed by atoms with E-state index in [4.69, 9.17) is 0 Å². The summed E-state index contributed by atoms with van der Waals surface area (Å²) in [4.78, 5) is 8.95. The molecule has 2 unspecified atom stereocenters. The van der Waals surface area contributed by atoms with Gasteiger partial charge in [-0.1, -0.05) is 39.5 Å². The van der Waals surface area contributed by atoms with Crippen molar-refractivity contribution in [3.63, 3.8) is 0 Å². The molecule has 1 aliphatic carbocycles. The Labute approximate surface area is 129 Å². The molecular formula is C17H30N4. The van der Waals surface area contributed by atoms with E-state index in [0.29, 0.717) is 6.04 Å². The highest BCUT2D eigenvalue weighted by Crippen LogP contribution is 2.28. The second-order valence-corrected chi connectivity index (χ2v) is 6.20. The first-order valence-corrected chi connectivity index (χ1v) is 8.60. The maximum atomic E-state index is 4.54. The van der Waals surface area contributed by atoms with Crippen molar-refractivity contribution in [3.8, 4) is 0 Å². The van der Waals surface area contributed by atoms with Crippen LogP contribution in [0.15, 0.2) is 6.33 Å². The van der Waals surface area contributed by atoms with Gasteiger partial charge in [0, 0.05) is 18.2 Å². The van der Waals surface area contributed by atoms with Gasteiger partial charge >= 0.3 is 0 Å². The highest BCUT2D eigenvalue weighted by molar-refractivity contribution is 5.57. The molecule has 2 rings (SSSR count). The standard InChI is InChI=1S/C17H30N4/c1-4-9-14-16(18-5-2)19-12-20-17(14)21-15-11-8-6-7-10-13(15)3/h12-13,15H,4-11H2,1-3H3,(H2,18,19,20,21). The molecule has 0 amide bonds. The van der Waals surface area contributed by atoms with Gasteiger partial charge in [-0.05, 0) is 32.1 Å². The third kappa shape index (κ3) is 4.32. The number of nitrogens with zero attached hydrogens (tertiary/aromatic N) is 2. The molecule has 0 saturated heterocycles. The van der Waals surface area contributed by atoms with Crippen LogP contribution in [0.1, 0.15) is 64.9 Å². The lowest BCUT2D eigenvalue weighted by molar-refractivity contribution is 0.455. The molecule has 0 bridgehead atoms. The lowest BCUT2D eigenvalue weighted by Gasteiger charge is -2.25. The predicted octanol–water partition coefficient (Wildman–Crippen LogP) is 4.24. The van der Waals surface area contributed by atoms with Crippen molar-refractivity contribution in [3.05, 3.63) is 11.9 Å². The van der Waals surface area contributed by atoms with Gasteiger partial charge in [0.05, 0.1) is 0 Å². The molecule has 1 heterocycles. The van der Waals surface area contributed by atoms with Crippen molar-refractivity contribution in [2.45, 2.75) is 71.8 Å². The minimum Gasteiger partial charge on any atom is -0.370 e. The van der Waals surface area contributed by atoms with Crippen LogP contribution >= 0.6 is 0 Å². The van der Waals surface area contributed by atoms with E-state index in [9.17, 15) is 0 Å². The minimum atomic E-state index is 0.549. The van der Waals surface area contributed by atoms with E-state index < -0.39 is 0 Å². The van der Waals surface area contributed by atoms with Gasteiger partial charge in [-0.25, -0.2) is 9.97 Å². The zero-order valence-electron chi connectivity index (χ0n) is 13.8. The topological polar surface area (TPSA) is 49.8 Å². The average molecular weight is 290 g/mol. The van der Waals surface area contributed by atoms with Crippen LogP contribution in [0.3, 0.4) is 0 Å². The van der Waals surface area contributed by atoms with Crippen LogP contribution in [0.5, 0.6) is 0 Å². The van der Waals surface area contributed by atoms with Crippen molar-refractivity contribution >= 4 is 11.6 Å². The fourth-order valence-corrected chi connectivity index (χ4v) is 3.23. The highest BCUT2D eigenvalue weighted by atomic mass is 15.1. The summed E-state index contributed by atoms with van der Waals surface area (Å²) in [5, 5.41) is 7.10. The number of rotatable bonds is 6. The smallest absolute Gasteiger partial charge is 0.134 e. The van der Waals surface area contributed by atoms with Crippen LogP contribution in [0.25, 0.3) is 0 Å². The number of anilines is 2. The monoisotopic (exact) mass is 290 g/mol. The summed E-state index contributed by atoms with van der Waals surface area (Å²) in [6.45, 7) is 7.58. The molecule has 2 N–H and O–H groups in total. The van der Waals surface area contributed by atoms with E-state index in [-0.39, 0.29) is 0 Å². The van der Waals surface area contributed by atoms with E-state index >= 15 is 0 Å². The number of hydrogen-bond donors (Lipinski definition) is 2. The molecule has 1 saturated carbocycles. The Morgan fingerprint density at radius 1 is 1.10 bits per heavy atom. The molecule has 0 radical (unpaired) electrons. The van der Waals surface area contributed by atoms with Gasteiger partial charge in [0.15, 0.2) is 0 Å². The summed E-state index contributed by atoms with van der Waals surface area (Å²) in [6, 6.07) is 0.549. The molecular weight excluding hydrogens is 260 g/mol. The molecule has 1 aliphatic rings. The molecule has 118 valence electrons. The van der Waals surface area contributed by atoms with Crippen molar-refractivity contribution < 1.29 is 0 Å². The van der Waals surface area contributed by atoms with Crippen LogP contribution in [0.4, 0.5) is 11.6 Å². The highest BCUT2D eigenvalue weighted by Gasteiger charge is 2.21. The van der Waals surface area contributed by atoms with E-state index in [2.05, 4.69) is 41.4 Å². The van der Waals surface area contributed by atoms with Crippen molar-refractivity contribution in [2.75, 3.05) is 17.2 Å². The van der Waals surface area contributed by atoms with E-state index in [1.54, 1.807) is 6.33 Å². The maximum absolute atomic E-state index is 4.54. The lowest BCUT2D eigenvalue weighted by Crippen LogP contribution is -2.27. The van der Waals surface area contributed by atoms with Crippen LogP contribution in [0, 0.1) is 5.92 Å². The Kier molecular flexibility index (Phi) is 6.27. The SMILES string of the molecule is CCCc1c(NCC)ncnc1NC1CCCCCC1C. The van der Waals surface area contributed by atoms with Gasteiger partial charge in [0.25, 0.3) is 0 Å². The van der Waals surface area contributed by atoms with Gasteiger partial charge in [0.1, 0.15) is 18.0 Å². The van der Waals surface area contributed by atoms with Crippen LogP contribution in [-0.2, 0) is 6.42 Å². The van der Waals surface area contributed by atoms with Crippen LogP contribution < -0.4 is 10.6 Å². The number of aromatic nitrogens is 2. The predicted molar refractivity (Wildman–Crippen MR) is 89.9 cm³/mol. The Balaban J connectivity index is 2.19. The molecule has 4 heteroatoms. The second kappa shape index (κ2) is 8.20. The van der Waals surface area contributed by atoms with E-state index in [0.717, 1.165) is 36.9 Å². The van der Waals surface area contributed by atoms with Gasteiger partial charge in [0.2, 0.25) is 0 Å². The minimum absolute atomic E-state index is 0.549. The van der Waals surface area contributed by atoms with Gasteiger partial charge in [-0.15, -0.1) is 0 Å². The average Bonchev–Trinajstić information content (AvgIpc) is 2.68. The molecule has 0 aliphatic heterocycles. The zero-order valence-corrected chi connectivity index (χ0v) is 13.8. The summed E-state index contributed by atoms with van der Waals surface area (Å²) in [5.41, 5.74) is 1.25. The third-order valence-electron chi connectivity index (χ3n) is 4.47. The molecule has 4 nitrogen and oxygen atoms in total. The number of hydrogen-bond acceptors (Lipinski definition) is 4. The molecule has 21 heavy (non-hydrogen) atoms. The Morgan fingerprint density at radius 2 is 1.86 bits per heavy atom. The largest absolute Gasteiger partial charge is 0.370 e. The summed E-state index contributed by atoms with van der Waals surface area (Å²) in [7, 11) is 0. The first-order chi connectivity index (χ1) is 10.3. The summed E-state index contributed by atoms with van der Waals surface area (Å²) in [5.74, 6) is 2.76. The molecule has 2 atom stereocenters. The molecule has 1 aromatic rings. The summed E-state index contributed by atoms with van der Waals surface area (Å²) in [6.07, 6.45) is 10.5. The second-order valence-electron chi connectivity index (χ2n) is 6.20. The summed E-state index contributed by atoms with van der Waals surface area (Å²) >= 11 is 0. The normalized spacial score (nSPS) is 22.6. The quantitative estimate of drug-likeness (QED) is 0.769. The summed E-state index contributed by atoms with van der Waals surface area (Å²) < 4.78 is 0. The molecule has 0 spiro atoms. The van der Waals surface area contributed by atoms with Gasteiger partial charge < -0.3 is 10.6 Å². The van der Waals surface area contributed by atoms with Crippen molar-refractivity contribution in [1.29, 1.82) is 0 Å². The van der Waals surface area contributed by atoms with Crippen LogP contribution in [-0.4, -0.2) is 22.6 Å². The lowest BCUT2D eigenvalue weighted by atomic mass is 9.96. The number of nitrogens with one attached hydrogen (secondary N) is 2. The Hall–Kier alpha value is -1.32. The molecule has 1 fully saturated rings. The zero-order chi connectivity index (χ0) is 15.1. The van der Waals surface area contributed by atoms with E-state index in [1.165, 1.54) is 37.7 Å². The fraction of sp³-hybridized carbons (Fsp3) is 0.765. The Bertz CT molecular complexity index is 433. The van der Waals surface area contributed by atoms with Crippen LogP contribution in [0.2, 0.25) is 0 Å². The first-order valence-electron chi connectivity index (χ1n) is 8.60. The van der Waals surface area contributed by atoms with Crippen molar-refractivity contribution in [2.24, 2.45) is 5.92 Å². The molecule has 1 aromatic heterocycles. The van der Waals surface area contributed by atoms with Crippen molar-refractivity contribution in [1.82, 2.24) is 9.97 Å². The third-order valence-corrected chi connectivity index (χ3v) is 4.47. The Morgan fingerprint density at radius 3 is 2.62 bits per heavy atom. The van der Waals surface area contributed by atoms with Gasteiger partial charge in [-0.2, -0.15) is 0 Å². The first kappa shape index (κ1) is 16.1. The molecule has 0 aromatic carbocycles. The maximum Gasteiger partial charge on any atom is 0.134 e. The van der Waals surface area contributed by atoms with E-state index in [1.807, 2.05) is 0 Å². The fourth-order valence-electron chi connectivity index (χ4n) is 3.23. The van der Waals surface area contributed by atoms with Gasteiger partial charge in [-0.3, -0.25) is 0 Å².